The second-order valence-electron chi connectivity index (χ2n) is 9.65. The zero-order valence-electron chi connectivity index (χ0n) is 21.4. The second kappa shape index (κ2) is 10.8. The van der Waals surface area contributed by atoms with E-state index >= 15 is 4.39 Å². The van der Waals surface area contributed by atoms with Crippen LogP contribution in [0.25, 0.3) is 27.9 Å². The standard InChI is InChI=1S/C29H27FN6O3/c1-38-17-23-14-21(8-10-39-23)34-28(37)24-6-5-20(13-25(24)30)27-16-33-29-32-15-22(36(29)35-27)12-18-4-7-26-19(11-18)3-2-9-31-26/h2-7,9,11,13,15-16,21,23H,8,10,12,14,17H2,1H3,(H,34,37). The molecule has 1 aliphatic rings. The van der Waals surface area contributed by atoms with Gasteiger partial charge in [0.15, 0.2) is 0 Å². The van der Waals surface area contributed by atoms with Crippen molar-refractivity contribution in [2.24, 2.45) is 0 Å². The topological polar surface area (TPSA) is 104 Å². The van der Waals surface area contributed by atoms with Crippen LogP contribution in [0.2, 0.25) is 0 Å². The van der Waals surface area contributed by atoms with Crippen molar-refractivity contribution in [3.05, 3.63) is 89.8 Å². The van der Waals surface area contributed by atoms with E-state index < -0.39 is 11.7 Å². The monoisotopic (exact) mass is 526 g/mol. The van der Waals surface area contributed by atoms with Crippen molar-refractivity contribution in [1.82, 2.24) is 29.9 Å². The van der Waals surface area contributed by atoms with Crippen LogP contribution in [0.5, 0.6) is 0 Å². The molecule has 9 nitrogen and oxygen atoms in total. The second-order valence-corrected chi connectivity index (χ2v) is 9.65. The molecule has 1 N–H and O–H groups in total. The number of aromatic nitrogens is 5. The van der Waals surface area contributed by atoms with Crippen molar-refractivity contribution in [2.75, 3.05) is 20.3 Å². The van der Waals surface area contributed by atoms with Gasteiger partial charge in [-0.25, -0.2) is 18.9 Å². The van der Waals surface area contributed by atoms with Crippen molar-refractivity contribution >= 4 is 22.6 Å². The van der Waals surface area contributed by atoms with Crippen molar-refractivity contribution in [1.29, 1.82) is 0 Å². The summed E-state index contributed by atoms with van der Waals surface area (Å²) in [4.78, 5) is 26.0. The van der Waals surface area contributed by atoms with Gasteiger partial charge in [0.25, 0.3) is 11.7 Å². The number of nitrogens with one attached hydrogen (secondary N) is 1. The molecule has 198 valence electrons. The number of ether oxygens (including phenoxy) is 2. The first-order valence-corrected chi connectivity index (χ1v) is 12.8. The van der Waals surface area contributed by atoms with Crippen LogP contribution in [0, 0.1) is 5.82 Å². The van der Waals surface area contributed by atoms with Gasteiger partial charge in [0.2, 0.25) is 0 Å². The van der Waals surface area contributed by atoms with Gasteiger partial charge in [-0.1, -0.05) is 18.2 Å². The molecule has 0 aliphatic carbocycles. The normalized spacial score (nSPS) is 17.5. The highest BCUT2D eigenvalue weighted by Crippen LogP contribution is 2.22. The number of carbonyl (C=O) groups excluding carboxylic acids is 1. The Labute approximate surface area is 224 Å². The molecule has 5 aromatic rings. The third-order valence-electron chi connectivity index (χ3n) is 6.92. The van der Waals surface area contributed by atoms with E-state index in [9.17, 15) is 4.79 Å². The van der Waals surface area contributed by atoms with E-state index in [1.54, 1.807) is 36.3 Å². The Morgan fingerprint density at radius 1 is 1.15 bits per heavy atom. The molecule has 2 aromatic carbocycles. The summed E-state index contributed by atoms with van der Waals surface area (Å²) in [6, 6.07) is 14.4. The number of hydrogen-bond donors (Lipinski definition) is 1. The fourth-order valence-electron chi connectivity index (χ4n) is 4.95. The minimum absolute atomic E-state index is 0.0170. The van der Waals surface area contributed by atoms with Gasteiger partial charge >= 0.3 is 0 Å². The zero-order chi connectivity index (χ0) is 26.8. The summed E-state index contributed by atoms with van der Waals surface area (Å²) in [6.07, 6.45) is 6.88. The van der Waals surface area contributed by atoms with Crippen LogP contribution < -0.4 is 5.32 Å². The first-order chi connectivity index (χ1) is 19.1. The van der Waals surface area contributed by atoms with E-state index in [0.717, 1.165) is 22.2 Å². The van der Waals surface area contributed by atoms with Crippen molar-refractivity contribution < 1.29 is 18.7 Å². The van der Waals surface area contributed by atoms with Crippen LogP contribution in [0.15, 0.2) is 67.1 Å². The first kappa shape index (κ1) is 25.0. The summed E-state index contributed by atoms with van der Waals surface area (Å²) in [5.41, 5.74) is 3.84. The van der Waals surface area contributed by atoms with Crippen LogP contribution in [0.4, 0.5) is 4.39 Å². The predicted octanol–water partition coefficient (Wildman–Crippen LogP) is 3.99. The molecule has 0 saturated carbocycles. The lowest BCUT2D eigenvalue weighted by Crippen LogP contribution is -2.43. The Kier molecular flexibility index (Phi) is 6.95. The summed E-state index contributed by atoms with van der Waals surface area (Å²) >= 11 is 0. The lowest BCUT2D eigenvalue weighted by Gasteiger charge is -2.29. The lowest BCUT2D eigenvalue weighted by atomic mass is 10.0. The summed E-state index contributed by atoms with van der Waals surface area (Å²) in [6.45, 7) is 0.981. The van der Waals surface area contributed by atoms with Crippen LogP contribution in [-0.2, 0) is 15.9 Å². The van der Waals surface area contributed by atoms with Gasteiger partial charge in [0, 0.05) is 43.3 Å². The number of hydrogen-bond acceptors (Lipinski definition) is 7. The zero-order valence-corrected chi connectivity index (χ0v) is 21.4. The maximum absolute atomic E-state index is 15.1. The highest BCUT2D eigenvalue weighted by atomic mass is 19.1. The minimum Gasteiger partial charge on any atom is -0.382 e. The Morgan fingerprint density at radius 2 is 2.05 bits per heavy atom. The molecular formula is C29H27FN6O3. The fraction of sp³-hybridized carbons (Fsp3) is 0.276. The number of rotatable bonds is 7. The third-order valence-corrected chi connectivity index (χ3v) is 6.92. The number of nitrogens with zero attached hydrogens (tertiary/aromatic N) is 5. The molecule has 6 rings (SSSR count). The number of carbonyl (C=O) groups is 1. The summed E-state index contributed by atoms with van der Waals surface area (Å²) in [5.74, 6) is -0.620. The maximum atomic E-state index is 15.1. The number of imidazole rings is 1. The third kappa shape index (κ3) is 5.34. The van der Waals surface area contributed by atoms with Crippen LogP contribution >= 0.6 is 0 Å². The van der Waals surface area contributed by atoms with Crippen molar-refractivity contribution in [2.45, 2.75) is 31.4 Å². The number of pyridine rings is 1. The van der Waals surface area contributed by atoms with Crippen LogP contribution in [0.3, 0.4) is 0 Å². The average Bonchev–Trinajstić information content (AvgIpc) is 3.35. The molecule has 3 aromatic heterocycles. The van der Waals surface area contributed by atoms with E-state index in [1.807, 2.05) is 24.3 Å². The molecule has 39 heavy (non-hydrogen) atoms. The van der Waals surface area contributed by atoms with Gasteiger partial charge in [0.05, 0.1) is 41.9 Å². The number of benzene rings is 2. The average molecular weight is 527 g/mol. The predicted molar refractivity (Wildman–Crippen MR) is 143 cm³/mol. The molecule has 0 radical (unpaired) electrons. The van der Waals surface area contributed by atoms with Gasteiger partial charge in [-0.05, 0) is 48.7 Å². The molecule has 1 amide bonds. The Morgan fingerprint density at radius 3 is 2.92 bits per heavy atom. The lowest BCUT2D eigenvalue weighted by molar-refractivity contribution is -0.0383. The highest BCUT2D eigenvalue weighted by Gasteiger charge is 2.25. The SMILES string of the molecule is COCC1CC(NC(=O)c2ccc(-c3cnc4ncc(Cc5ccc6ncccc6c5)n4n3)cc2F)CCO1. The molecular weight excluding hydrogens is 499 g/mol. The molecule has 10 heteroatoms. The molecule has 0 bridgehead atoms. The molecule has 1 fully saturated rings. The molecule has 2 atom stereocenters. The van der Waals surface area contributed by atoms with Crippen LogP contribution in [0.1, 0.15) is 34.5 Å². The number of halogens is 1. The van der Waals surface area contributed by atoms with Gasteiger partial charge in [-0.3, -0.25) is 9.78 Å². The number of fused-ring (bicyclic) bond motifs is 2. The van der Waals surface area contributed by atoms with Crippen molar-refractivity contribution in [3.63, 3.8) is 0 Å². The smallest absolute Gasteiger partial charge is 0.254 e. The number of methoxy groups -OCH3 is 1. The largest absolute Gasteiger partial charge is 0.382 e. The summed E-state index contributed by atoms with van der Waals surface area (Å²) in [7, 11) is 1.61. The van der Waals surface area contributed by atoms with Crippen molar-refractivity contribution in [3.8, 4) is 11.3 Å². The summed E-state index contributed by atoms with van der Waals surface area (Å²) in [5, 5.41) is 8.67. The van der Waals surface area contributed by atoms with Crippen LogP contribution in [-0.4, -0.2) is 62.9 Å². The molecule has 2 unspecified atom stereocenters. The molecule has 1 aliphatic heterocycles. The highest BCUT2D eigenvalue weighted by molar-refractivity contribution is 5.95. The molecule has 4 heterocycles. The Hall–Kier alpha value is -4.28. The molecule has 1 saturated heterocycles. The Bertz CT molecular complexity index is 1650. The quantitative estimate of drug-likeness (QED) is 0.342. The van der Waals surface area contributed by atoms with E-state index in [4.69, 9.17) is 9.47 Å². The Balaban J connectivity index is 1.21. The first-order valence-electron chi connectivity index (χ1n) is 12.8. The maximum Gasteiger partial charge on any atom is 0.254 e. The number of amides is 1. The van der Waals surface area contributed by atoms with Gasteiger partial charge in [0.1, 0.15) is 11.5 Å². The summed E-state index contributed by atoms with van der Waals surface area (Å²) < 4.78 is 27.6. The minimum atomic E-state index is -0.622. The van der Waals surface area contributed by atoms with E-state index in [2.05, 4.69) is 31.4 Å². The fourth-order valence-corrected chi connectivity index (χ4v) is 4.95. The molecule has 0 spiro atoms. The van der Waals surface area contributed by atoms with Gasteiger partial charge in [-0.2, -0.15) is 5.10 Å². The van der Waals surface area contributed by atoms with E-state index in [1.165, 1.54) is 12.1 Å². The van der Waals surface area contributed by atoms with Gasteiger partial charge in [-0.15, -0.1) is 0 Å². The van der Waals surface area contributed by atoms with Gasteiger partial charge < -0.3 is 14.8 Å². The van der Waals surface area contributed by atoms with E-state index in [0.29, 0.717) is 49.5 Å². The van der Waals surface area contributed by atoms with E-state index in [-0.39, 0.29) is 17.7 Å².